The number of hydrogen-bond acceptors (Lipinski definition) is 27. The van der Waals surface area contributed by atoms with E-state index in [1.807, 2.05) is 148 Å². The Morgan fingerprint density at radius 2 is 0.779 bits per heavy atom. The third-order valence-electron chi connectivity index (χ3n) is 22.7. The normalized spacial score (nSPS) is 19.5. The maximum Gasteiger partial charge on any atom is 0.411 e. The van der Waals surface area contributed by atoms with Gasteiger partial charge in [0, 0.05) is 90.6 Å². The monoisotopic (exact) mass is 1830 g/mol. The van der Waals surface area contributed by atoms with E-state index < -0.39 is 102 Å². The zero-order valence-corrected chi connectivity index (χ0v) is 78.5. The first-order chi connectivity index (χ1) is 62.2. The molecule has 0 radical (unpaired) electrons. The number of hydrogen-bond donors (Lipinski definition) is 5. The average molecular weight is 1830 g/mol. The van der Waals surface area contributed by atoms with Gasteiger partial charge < -0.3 is 88.2 Å². The van der Waals surface area contributed by atoms with Crippen LogP contribution in [0.1, 0.15) is 199 Å². The van der Waals surface area contributed by atoms with Crippen molar-refractivity contribution < 1.29 is 106 Å². The molecule has 716 valence electrons. The van der Waals surface area contributed by atoms with E-state index in [-0.39, 0.29) is 101 Å². The minimum Gasteiger partial charge on any atom is -0.480 e. The number of carbonyl (C=O) groups is 10. The molecule has 0 spiro atoms. The predicted octanol–water partition coefficient (Wildman–Crippen LogP) is 9.92. The number of nitrogens with one attached hydrogen (secondary N) is 3. The Labute approximate surface area is 762 Å². The molecule has 131 heavy (non-hydrogen) atoms. The first-order valence-electron chi connectivity index (χ1n) is 44.9. The largest absolute Gasteiger partial charge is 0.480 e. The number of benzene rings is 1. The number of carbonyl (C=O) groups excluding carboxylic acids is 9. The van der Waals surface area contributed by atoms with Gasteiger partial charge in [-0.1, -0.05) is 30.3 Å². The molecule has 40 nitrogen and oxygen atoms in total. The van der Waals surface area contributed by atoms with Crippen LogP contribution >= 0.6 is 0 Å². The first kappa shape index (κ1) is 99.9. The number of aryl methyl sites for hydroxylation is 6. The lowest BCUT2D eigenvalue weighted by Gasteiger charge is -2.41. The number of aliphatic hydroxyl groups is 1. The molecule has 6 aliphatic rings. The van der Waals surface area contributed by atoms with Crippen LogP contribution in [0.15, 0.2) is 66.7 Å². The second-order valence-corrected chi connectivity index (χ2v) is 36.8. The summed E-state index contributed by atoms with van der Waals surface area (Å²) in [4.78, 5) is 151. The predicted molar refractivity (Wildman–Crippen MR) is 477 cm³/mol. The van der Waals surface area contributed by atoms with Gasteiger partial charge in [0.05, 0.1) is 128 Å². The van der Waals surface area contributed by atoms with Crippen LogP contribution in [0, 0.1) is 20.8 Å². The Kier molecular flexibility index (Phi) is 33.6. The van der Waals surface area contributed by atoms with E-state index in [9.17, 15) is 58.2 Å². The molecule has 3 aliphatic heterocycles. The number of ether oxygens (including phenoxy) is 10. The number of aliphatic hydroxyl groups excluding tert-OH is 1. The van der Waals surface area contributed by atoms with Gasteiger partial charge in [-0.25, -0.2) is 62.6 Å². The third kappa shape index (κ3) is 26.6. The number of nitrogens with zero attached hydrogens (tertiary/aromatic N) is 15. The summed E-state index contributed by atoms with van der Waals surface area (Å²) in [5.74, 6) is -1.99. The SMILES string of the molecule is COC(=O)NCCCn1nc([C@@H](C)N(C(=O)[C@H]2CN(C(=O)OC(C)(C)C)[C@@H](C(=O)O)CO2)C2CC2)c2ccc(C)nc21.COC(=O)NCCCn1nc([C@@H](C)N(C(=O)[C@H]2CN(C(=O)OC(C)(C)C)[C@@H](CO)CO2)C2CC2)c2ccc(C)nc21.COC(=O)NCCCn1nc([C@@H](C)N(C(=O)[C@H]2CN(C(=O)OC(C)(C)C)[C@@H](COCc3ccccc3)CO2)C2CC2)c2ccc(C)nc21. The van der Waals surface area contributed by atoms with Crippen molar-refractivity contribution in [2.45, 2.75) is 277 Å². The van der Waals surface area contributed by atoms with E-state index in [2.05, 4.69) is 30.2 Å². The highest BCUT2D eigenvalue weighted by Crippen LogP contribution is 2.42. The Morgan fingerprint density at radius 1 is 0.458 bits per heavy atom. The molecule has 3 saturated carbocycles. The van der Waals surface area contributed by atoms with Gasteiger partial charge >= 0.3 is 42.5 Å². The Morgan fingerprint density at radius 3 is 1.10 bits per heavy atom. The highest BCUT2D eigenvalue weighted by molar-refractivity contribution is 5.89. The Hall–Kier alpha value is -11.6. The maximum absolute atomic E-state index is 14.3. The van der Waals surface area contributed by atoms with Gasteiger partial charge in [0.15, 0.2) is 41.3 Å². The molecule has 3 saturated heterocycles. The summed E-state index contributed by atoms with van der Waals surface area (Å²) in [6.07, 6.45) is 0.725. The number of carboxylic acid groups (broad SMARTS) is 1. The summed E-state index contributed by atoms with van der Waals surface area (Å²) in [6.45, 7) is 30.1. The lowest BCUT2D eigenvalue weighted by molar-refractivity contribution is -0.165. The van der Waals surface area contributed by atoms with E-state index in [4.69, 9.17) is 63.4 Å². The molecule has 1 aromatic carbocycles. The van der Waals surface area contributed by atoms with Crippen molar-refractivity contribution in [1.29, 1.82) is 0 Å². The number of aliphatic carboxylic acids is 1. The molecular weight excluding hydrogens is 1700 g/mol. The topological polar surface area (TPSA) is 451 Å². The van der Waals surface area contributed by atoms with Crippen molar-refractivity contribution in [3.8, 4) is 0 Å². The van der Waals surface area contributed by atoms with Gasteiger partial charge in [0.1, 0.15) is 16.8 Å². The molecule has 9 atom stereocenters. The number of pyridine rings is 3. The van der Waals surface area contributed by atoms with E-state index in [1.54, 1.807) is 56.0 Å². The van der Waals surface area contributed by atoms with Crippen LogP contribution in [0.3, 0.4) is 0 Å². The van der Waals surface area contributed by atoms with Crippen LogP contribution in [-0.2, 0) is 92.8 Å². The van der Waals surface area contributed by atoms with E-state index >= 15 is 0 Å². The molecule has 9 amide bonds. The number of morpholine rings is 3. The molecule has 6 fully saturated rings. The number of aromatic nitrogens is 9. The zero-order chi connectivity index (χ0) is 95.1. The summed E-state index contributed by atoms with van der Waals surface area (Å²) >= 11 is 0. The van der Waals surface area contributed by atoms with E-state index in [0.29, 0.717) is 82.1 Å². The molecule has 9 heterocycles. The van der Waals surface area contributed by atoms with E-state index in [1.165, 1.54) is 26.2 Å². The van der Waals surface area contributed by atoms with Gasteiger partial charge in [0.25, 0.3) is 17.7 Å². The van der Waals surface area contributed by atoms with Crippen molar-refractivity contribution in [2.24, 2.45) is 0 Å². The minimum atomic E-state index is -1.27. The Bertz CT molecular complexity index is 5150. The zero-order valence-electron chi connectivity index (χ0n) is 78.5. The number of alkyl carbamates (subject to hydrolysis) is 3. The lowest BCUT2D eigenvalue weighted by Crippen LogP contribution is -2.60. The minimum absolute atomic E-state index is 0.0158. The standard InChI is InChI=1S/C35H48N6O7.C28H40N6O8.C28H42N6O7/c1-23-13-16-28-30(38-40(31(28)37-23)18-10-17-36-33(43)45-6)24(2)41(26-14-15-26)32(42)29-19-39(34(44)48-35(3,4)5)27(22-47-29)21-46-20-25-11-8-7-9-12-25;1-16-8-11-19-22(31-33(23(19)30-16)13-7-12-29-26(38)40-6)17(2)34(18-9-10-18)24(35)21-14-32(20(15-41-21)25(36)37)27(39)42-28(3,4)5;1-17-8-11-21-23(31-33(24(21)30-17)13-7-12-29-26(37)39-6)18(2)34(19-9-10-19)25(36)22-14-32(20(15-35)16-40-22)27(38)41-28(3,4)5/h7-9,11-13,16,24,26-27,29H,10,14-15,17-22H2,1-6H3,(H,36,43);8,11,17-18,20-21H,7,9-10,12-15H2,1-6H3,(H,29,38)(H,36,37);8,11,18-20,22,35H,7,9-10,12-16H2,1-6H3,(H,29,37)/t24-,27+,29-;17-,20-,21-;18-,20+,22-/m111/s1. The molecule has 0 bridgehead atoms. The van der Waals surface area contributed by atoms with Crippen LogP contribution in [0.2, 0.25) is 0 Å². The quantitative estimate of drug-likeness (QED) is 0.0206. The highest BCUT2D eigenvalue weighted by Gasteiger charge is 2.50. The average Bonchev–Trinajstić information content (AvgIpc) is 1.63. The van der Waals surface area contributed by atoms with Crippen molar-refractivity contribution in [1.82, 2.24) is 89.6 Å². The van der Waals surface area contributed by atoms with Gasteiger partial charge in [-0.15, -0.1) is 0 Å². The summed E-state index contributed by atoms with van der Waals surface area (Å²) < 4.78 is 60.0. The number of amides is 9. The molecular formula is C91H130N18O22. The number of rotatable bonds is 30. The van der Waals surface area contributed by atoms with Gasteiger partial charge in [-0.3, -0.25) is 29.1 Å². The van der Waals surface area contributed by atoms with Gasteiger partial charge in [0.2, 0.25) is 0 Å². The van der Waals surface area contributed by atoms with Crippen LogP contribution in [0.5, 0.6) is 0 Å². The molecule has 6 aromatic heterocycles. The summed E-state index contributed by atoms with van der Waals surface area (Å²) in [5, 5.41) is 44.8. The fraction of sp³-hybridized carbons (Fsp3) is 0.626. The van der Waals surface area contributed by atoms with Crippen molar-refractivity contribution in [2.75, 3.05) is 93.6 Å². The fourth-order valence-electron chi connectivity index (χ4n) is 15.9. The van der Waals surface area contributed by atoms with Crippen molar-refractivity contribution in [3.63, 3.8) is 0 Å². The molecule has 3 aliphatic carbocycles. The number of carboxylic acids is 1. The fourth-order valence-corrected chi connectivity index (χ4v) is 15.9. The van der Waals surface area contributed by atoms with Crippen molar-refractivity contribution in [3.05, 3.63) is 106 Å². The van der Waals surface area contributed by atoms with Crippen LogP contribution < -0.4 is 16.0 Å². The van der Waals surface area contributed by atoms with E-state index in [0.717, 1.165) is 99.3 Å². The first-order valence-corrected chi connectivity index (χ1v) is 44.9. The summed E-state index contributed by atoms with van der Waals surface area (Å²) in [5.41, 5.74) is 5.52. The molecule has 7 aromatic rings. The third-order valence-corrected chi connectivity index (χ3v) is 22.7. The number of fused-ring (bicyclic) bond motifs is 3. The number of methoxy groups -OCH3 is 3. The van der Waals surface area contributed by atoms with Crippen LogP contribution in [0.4, 0.5) is 28.8 Å². The molecule has 40 heteroatoms. The second-order valence-electron chi connectivity index (χ2n) is 36.8. The highest BCUT2D eigenvalue weighted by atomic mass is 16.6. The van der Waals surface area contributed by atoms with Gasteiger partial charge in [-0.2, -0.15) is 15.3 Å². The second kappa shape index (κ2) is 44.1. The smallest absolute Gasteiger partial charge is 0.411 e. The van der Waals surface area contributed by atoms with Crippen LogP contribution in [-0.4, -0.2) is 309 Å². The molecule has 5 N–H and O–H groups in total. The summed E-state index contributed by atoms with van der Waals surface area (Å²) in [7, 11) is 3.96. The van der Waals surface area contributed by atoms with Gasteiger partial charge in [-0.05, 0) is 204 Å². The van der Waals surface area contributed by atoms with Crippen LogP contribution in [0.25, 0.3) is 33.1 Å². The molecule has 0 unspecified atom stereocenters. The lowest BCUT2D eigenvalue weighted by atomic mass is 10.1. The Balaban J connectivity index is 0.000000190. The molecule has 13 rings (SSSR count). The maximum atomic E-state index is 14.3. The van der Waals surface area contributed by atoms with Crippen molar-refractivity contribution >= 4 is 93.4 Å². The summed E-state index contributed by atoms with van der Waals surface area (Å²) in [6, 6.07) is 18.0.